The Morgan fingerprint density at radius 1 is 1.38 bits per heavy atom. The molecule has 0 amide bonds. The van der Waals surface area contributed by atoms with Crippen LogP contribution < -0.4 is 10.0 Å². The van der Waals surface area contributed by atoms with Gasteiger partial charge in [-0.15, -0.1) is 0 Å². The molecule has 21 heavy (non-hydrogen) atoms. The molecule has 2 aromatic rings. The monoisotopic (exact) mass is 309 g/mol. The lowest BCUT2D eigenvalue weighted by Gasteiger charge is -2.12. The molecule has 8 heteroatoms. The first kappa shape index (κ1) is 15.6. The average Bonchev–Trinajstić information content (AvgIpc) is 2.95. The summed E-state index contributed by atoms with van der Waals surface area (Å²) in [5.41, 5.74) is 0.670. The number of pyridine rings is 1. The predicted octanol–water partition coefficient (Wildman–Crippen LogP) is 0.537. The Morgan fingerprint density at radius 2 is 2.19 bits per heavy atom. The Bertz CT molecular complexity index is 669. The summed E-state index contributed by atoms with van der Waals surface area (Å²) in [6.45, 7) is 3.09. The quantitative estimate of drug-likeness (QED) is 0.779. The number of aromatic nitrogens is 3. The SMILES string of the molecule is CNCCn1cc(S(=O)(=O)NC(C)c2ccccn2)cn1. The van der Waals surface area contributed by atoms with Crippen LogP contribution in [-0.2, 0) is 16.6 Å². The van der Waals surface area contributed by atoms with E-state index in [1.807, 2.05) is 13.1 Å². The third-order valence-electron chi connectivity index (χ3n) is 2.97. The van der Waals surface area contributed by atoms with E-state index < -0.39 is 16.1 Å². The van der Waals surface area contributed by atoms with E-state index in [-0.39, 0.29) is 4.90 Å². The highest BCUT2D eigenvalue weighted by Crippen LogP contribution is 2.14. The Morgan fingerprint density at radius 3 is 2.86 bits per heavy atom. The second-order valence-corrected chi connectivity index (χ2v) is 6.35. The molecule has 0 aliphatic rings. The van der Waals surface area contributed by atoms with Crippen LogP contribution >= 0.6 is 0 Å². The average molecular weight is 309 g/mol. The fraction of sp³-hybridized carbons (Fsp3) is 0.385. The first-order valence-corrected chi connectivity index (χ1v) is 8.11. The Labute approximate surface area is 124 Å². The molecule has 0 aliphatic heterocycles. The zero-order valence-corrected chi connectivity index (χ0v) is 12.8. The molecule has 0 aliphatic carbocycles. The van der Waals surface area contributed by atoms with Crippen LogP contribution in [0.1, 0.15) is 18.7 Å². The Kier molecular flexibility index (Phi) is 5.05. The highest BCUT2D eigenvalue weighted by atomic mass is 32.2. The summed E-state index contributed by atoms with van der Waals surface area (Å²) in [7, 11) is -1.78. The van der Waals surface area contributed by atoms with Gasteiger partial charge in [-0.05, 0) is 26.1 Å². The van der Waals surface area contributed by atoms with E-state index in [2.05, 4.69) is 20.1 Å². The summed E-state index contributed by atoms with van der Waals surface area (Å²) in [6, 6.07) is 4.99. The van der Waals surface area contributed by atoms with Gasteiger partial charge in [0.1, 0.15) is 4.90 Å². The fourth-order valence-electron chi connectivity index (χ4n) is 1.83. The van der Waals surface area contributed by atoms with Gasteiger partial charge in [-0.3, -0.25) is 9.67 Å². The highest BCUT2D eigenvalue weighted by molar-refractivity contribution is 7.89. The molecule has 0 bridgehead atoms. The summed E-state index contributed by atoms with van der Waals surface area (Å²) in [4.78, 5) is 4.30. The molecule has 2 aromatic heterocycles. The predicted molar refractivity (Wildman–Crippen MR) is 79.1 cm³/mol. The number of likely N-dealkylation sites (N-methyl/N-ethyl adjacent to an activating group) is 1. The van der Waals surface area contributed by atoms with Crippen molar-refractivity contribution in [3.05, 3.63) is 42.5 Å². The van der Waals surface area contributed by atoms with Gasteiger partial charge >= 0.3 is 0 Å². The number of sulfonamides is 1. The van der Waals surface area contributed by atoms with Gasteiger partial charge in [-0.1, -0.05) is 6.07 Å². The van der Waals surface area contributed by atoms with Crippen LogP contribution in [0.5, 0.6) is 0 Å². The van der Waals surface area contributed by atoms with E-state index in [1.165, 1.54) is 12.4 Å². The fourth-order valence-corrected chi connectivity index (χ4v) is 2.99. The van der Waals surface area contributed by atoms with Gasteiger partial charge in [0.2, 0.25) is 10.0 Å². The lowest BCUT2D eigenvalue weighted by atomic mass is 10.2. The maximum atomic E-state index is 12.3. The summed E-state index contributed by atoms with van der Waals surface area (Å²) in [5.74, 6) is 0. The van der Waals surface area contributed by atoms with Crippen molar-refractivity contribution in [3.63, 3.8) is 0 Å². The van der Waals surface area contributed by atoms with Gasteiger partial charge in [-0.2, -0.15) is 5.10 Å². The van der Waals surface area contributed by atoms with Gasteiger partial charge in [0, 0.05) is 18.9 Å². The van der Waals surface area contributed by atoms with Gasteiger partial charge < -0.3 is 5.32 Å². The third kappa shape index (κ3) is 4.10. The molecular formula is C13H19N5O2S. The van der Waals surface area contributed by atoms with Crippen LogP contribution in [-0.4, -0.2) is 36.8 Å². The number of hydrogen-bond donors (Lipinski definition) is 2. The van der Waals surface area contributed by atoms with Gasteiger partial charge in [0.25, 0.3) is 0 Å². The van der Waals surface area contributed by atoms with Crippen LogP contribution in [0.4, 0.5) is 0 Å². The van der Waals surface area contributed by atoms with Crippen LogP contribution in [0.25, 0.3) is 0 Å². The van der Waals surface area contributed by atoms with Crippen LogP contribution in [0.2, 0.25) is 0 Å². The van der Waals surface area contributed by atoms with E-state index >= 15 is 0 Å². The van der Waals surface area contributed by atoms with Gasteiger partial charge in [0.15, 0.2) is 0 Å². The molecule has 7 nitrogen and oxygen atoms in total. The largest absolute Gasteiger partial charge is 0.318 e. The normalized spacial score (nSPS) is 13.2. The van der Waals surface area contributed by atoms with Crippen molar-refractivity contribution in [1.29, 1.82) is 0 Å². The molecule has 0 spiro atoms. The molecule has 0 fully saturated rings. The summed E-state index contributed by atoms with van der Waals surface area (Å²) in [6.07, 6.45) is 4.50. The summed E-state index contributed by atoms with van der Waals surface area (Å²) < 4.78 is 28.8. The maximum Gasteiger partial charge on any atom is 0.244 e. The van der Waals surface area contributed by atoms with Crippen molar-refractivity contribution < 1.29 is 8.42 Å². The molecule has 0 radical (unpaired) electrons. The van der Waals surface area contributed by atoms with E-state index in [0.717, 1.165) is 6.54 Å². The van der Waals surface area contributed by atoms with E-state index in [4.69, 9.17) is 0 Å². The van der Waals surface area contributed by atoms with Crippen LogP contribution in [0.15, 0.2) is 41.7 Å². The van der Waals surface area contributed by atoms with Crippen molar-refractivity contribution in [2.45, 2.75) is 24.4 Å². The van der Waals surface area contributed by atoms with E-state index in [0.29, 0.717) is 12.2 Å². The lowest BCUT2D eigenvalue weighted by molar-refractivity contribution is 0.562. The van der Waals surface area contributed by atoms with Crippen LogP contribution in [0, 0.1) is 0 Å². The number of hydrogen-bond acceptors (Lipinski definition) is 5. The molecule has 0 aromatic carbocycles. The Balaban J connectivity index is 2.09. The second-order valence-electron chi connectivity index (χ2n) is 4.64. The standard InChI is InChI=1S/C13H19N5O2S/c1-11(13-5-3-4-6-15-13)17-21(19,20)12-9-16-18(10-12)8-7-14-2/h3-6,9-11,14,17H,7-8H2,1-2H3. The lowest BCUT2D eigenvalue weighted by Crippen LogP contribution is -2.27. The second kappa shape index (κ2) is 6.79. The van der Waals surface area contributed by atoms with Crippen molar-refractivity contribution in [2.75, 3.05) is 13.6 Å². The first-order chi connectivity index (χ1) is 10.0. The number of nitrogens with zero attached hydrogens (tertiary/aromatic N) is 3. The highest BCUT2D eigenvalue weighted by Gasteiger charge is 2.20. The van der Waals surface area contributed by atoms with Crippen LogP contribution in [0.3, 0.4) is 0 Å². The topological polar surface area (TPSA) is 88.9 Å². The minimum atomic E-state index is -3.61. The summed E-state index contributed by atoms with van der Waals surface area (Å²) >= 11 is 0. The molecule has 0 saturated carbocycles. The minimum Gasteiger partial charge on any atom is -0.318 e. The van der Waals surface area contributed by atoms with Gasteiger partial charge in [0.05, 0.1) is 24.5 Å². The smallest absolute Gasteiger partial charge is 0.244 e. The molecule has 2 rings (SSSR count). The zero-order chi connectivity index (χ0) is 15.3. The molecule has 1 unspecified atom stereocenters. The Hall–Kier alpha value is -1.77. The molecule has 0 saturated heterocycles. The molecule has 1 atom stereocenters. The minimum absolute atomic E-state index is 0.154. The van der Waals surface area contributed by atoms with E-state index in [1.54, 1.807) is 29.9 Å². The van der Waals surface area contributed by atoms with Crippen molar-refractivity contribution in [1.82, 2.24) is 24.8 Å². The van der Waals surface area contributed by atoms with Crippen molar-refractivity contribution in [2.24, 2.45) is 0 Å². The maximum absolute atomic E-state index is 12.3. The van der Waals surface area contributed by atoms with Gasteiger partial charge in [-0.25, -0.2) is 13.1 Å². The third-order valence-corrected chi connectivity index (χ3v) is 4.47. The number of nitrogens with one attached hydrogen (secondary N) is 2. The van der Waals surface area contributed by atoms with Crippen molar-refractivity contribution >= 4 is 10.0 Å². The van der Waals surface area contributed by atoms with E-state index in [9.17, 15) is 8.42 Å². The van der Waals surface area contributed by atoms with Crippen molar-refractivity contribution in [3.8, 4) is 0 Å². The first-order valence-electron chi connectivity index (χ1n) is 6.63. The molecule has 2 N–H and O–H groups in total. The zero-order valence-electron chi connectivity index (χ0n) is 12.0. The summed E-state index contributed by atoms with van der Waals surface area (Å²) in [5, 5.41) is 7.03. The number of rotatable bonds is 7. The molecular weight excluding hydrogens is 290 g/mol. The molecule has 2 heterocycles. The molecule has 114 valence electrons.